The van der Waals surface area contributed by atoms with Crippen molar-refractivity contribution >= 4 is 11.6 Å². The smallest absolute Gasteiger partial charge is 0.0625 e. The van der Waals surface area contributed by atoms with E-state index >= 15 is 0 Å². The molecule has 0 aliphatic carbocycles. The van der Waals surface area contributed by atoms with Crippen molar-refractivity contribution in [3.8, 4) is 6.07 Å². The fourth-order valence-corrected chi connectivity index (χ4v) is 1.48. The third-order valence-corrected chi connectivity index (χ3v) is 2.19. The molecule has 0 aliphatic heterocycles. The van der Waals surface area contributed by atoms with Gasteiger partial charge >= 0.3 is 0 Å². The molecule has 0 saturated carbocycles. The molecule has 0 spiro atoms. The van der Waals surface area contributed by atoms with E-state index in [9.17, 15) is 0 Å². The quantitative estimate of drug-likeness (QED) is 0.685. The van der Waals surface area contributed by atoms with Crippen LogP contribution in [0, 0.1) is 18.3 Å². The van der Waals surface area contributed by atoms with E-state index in [1.165, 1.54) is 0 Å². The van der Waals surface area contributed by atoms with Gasteiger partial charge in [0, 0.05) is 11.4 Å². The first kappa shape index (κ1) is 9.09. The molecule has 1 aromatic carbocycles. The molecule has 0 N–H and O–H groups in total. The summed E-state index contributed by atoms with van der Waals surface area (Å²) >= 11 is 5.96. The Bertz CT molecular complexity index is 292. The monoisotopic (exact) mass is 179 g/mol. The fourth-order valence-electron chi connectivity index (χ4n) is 1.16. The van der Waals surface area contributed by atoms with E-state index in [4.69, 9.17) is 16.9 Å². The minimum absolute atomic E-state index is 0.532. The summed E-state index contributed by atoms with van der Waals surface area (Å²) in [5.41, 5.74) is 2.26. The highest BCUT2D eigenvalue weighted by Gasteiger charge is 2.01. The molecule has 12 heavy (non-hydrogen) atoms. The standard InChI is InChI=1S/C10H10ClN/c1-8-4-2-6-10(11)9(8)5-3-7-12/h2,4,6H,3,5H2,1H3. The molecule has 0 bridgehead atoms. The molecule has 0 fully saturated rings. The molecule has 0 unspecified atom stereocenters. The first-order chi connectivity index (χ1) is 5.75. The van der Waals surface area contributed by atoms with Crippen LogP contribution in [0.3, 0.4) is 0 Å². The maximum Gasteiger partial charge on any atom is 0.0625 e. The summed E-state index contributed by atoms with van der Waals surface area (Å²) in [7, 11) is 0. The van der Waals surface area contributed by atoms with E-state index in [-0.39, 0.29) is 0 Å². The Morgan fingerprint density at radius 3 is 2.83 bits per heavy atom. The van der Waals surface area contributed by atoms with Gasteiger partial charge < -0.3 is 0 Å². The Labute approximate surface area is 77.6 Å². The van der Waals surface area contributed by atoms with Crippen LogP contribution >= 0.6 is 11.6 Å². The number of rotatable bonds is 2. The average molecular weight is 180 g/mol. The van der Waals surface area contributed by atoms with Crippen LogP contribution in [0.4, 0.5) is 0 Å². The van der Waals surface area contributed by atoms with Crippen LogP contribution in [-0.2, 0) is 6.42 Å². The average Bonchev–Trinajstić information content (AvgIpc) is 2.04. The molecule has 0 atom stereocenters. The fraction of sp³-hybridized carbons (Fsp3) is 0.300. The highest BCUT2D eigenvalue weighted by Crippen LogP contribution is 2.20. The summed E-state index contributed by atoms with van der Waals surface area (Å²) in [5, 5.41) is 9.19. The highest BCUT2D eigenvalue weighted by molar-refractivity contribution is 6.31. The lowest BCUT2D eigenvalue weighted by Crippen LogP contribution is -1.89. The van der Waals surface area contributed by atoms with Gasteiger partial charge in [0.1, 0.15) is 0 Å². The predicted octanol–water partition coefficient (Wildman–Crippen LogP) is 3.10. The maximum atomic E-state index is 8.42. The molecule has 0 aromatic heterocycles. The van der Waals surface area contributed by atoms with E-state index in [0.29, 0.717) is 6.42 Å². The van der Waals surface area contributed by atoms with Crippen molar-refractivity contribution in [2.75, 3.05) is 0 Å². The first-order valence-electron chi connectivity index (χ1n) is 3.86. The molecule has 0 saturated heterocycles. The molecule has 0 radical (unpaired) electrons. The third-order valence-electron chi connectivity index (χ3n) is 1.84. The van der Waals surface area contributed by atoms with Crippen LogP contribution < -0.4 is 0 Å². The van der Waals surface area contributed by atoms with Crippen LogP contribution in [0.15, 0.2) is 18.2 Å². The van der Waals surface area contributed by atoms with Gasteiger partial charge in [-0.2, -0.15) is 5.26 Å². The number of nitrogens with zero attached hydrogens (tertiary/aromatic N) is 1. The Balaban J connectivity index is 2.90. The van der Waals surface area contributed by atoms with Gasteiger partial charge in [-0.05, 0) is 30.5 Å². The highest BCUT2D eigenvalue weighted by atomic mass is 35.5. The van der Waals surface area contributed by atoms with E-state index < -0.39 is 0 Å². The van der Waals surface area contributed by atoms with E-state index in [1.807, 2.05) is 25.1 Å². The minimum Gasteiger partial charge on any atom is -0.198 e. The summed E-state index contributed by atoms with van der Waals surface area (Å²) in [6, 6.07) is 7.91. The zero-order valence-electron chi connectivity index (χ0n) is 6.97. The van der Waals surface area contributed by atoms with Crippen LogP contribution in [-0.4, -0.2) is 0 Å². The molecule has 0 amide bonds. The number of nitriles is 1. The topological polar surface area (TPSA) is 23.8 Å². The molecule has 1 nitrogen and oxygen atoms in total. The van der Waals surface area contributed by atoms with Crippen molar-refractivity contribution < 1.29 is 0 Å². The van der Waals surface area contributed by atoms with Crippen LogP contribution in [0.5, 0.6) is 0 Å². The zero-order chi connectivity index (χ0) is 8.97. The Morgan fingerprint density at radius 2 is 2.25 bits per heavy atom. The van der Waals surface area contributed by atoms with Crippen molar-refractivity contribution in [2.45, 2.75) is 19.8 Å². The van der Waals surface area contributed by atoms with Crippen LogP contribution in [0.2, 0.25) is 5.02 Å². The number of halogens is 1. The van der Waals surface area contributed by atoms with Gasteiger partial charge in [-0.15, -0.1) is 0 Å². The van der Waals surface area contributed by atoms with Gasteiger partial charge in [0.25, 0.3) is 0 Å². The SMILES string of the molecule is Cc1cccc(Cl)c1CCC#N. The summed E-state index contributed by atoms with van der Waals surface area (Å²) in [6.07, 6.45) is 1.28. The van der Waals surface area contributed by atoms with E-state index in [1.54, 1.807) is 0 Å². The van der Waals surface area contributed by atoms with Gasteiger partial charge in [0.2, 0.25) is 0 Å². The summed E-state index contributed by atoms with van der Waals surface area (Å²) in [6.45, 7) is 2.01. The largest absolute Gasteiger partial charge is 0.198 e. The third kappa shape index (κ3) is 1.99. The second-order valence-electron chi connectivity index (χ2n) is 2.69. The normalized spacial score (nSPS) is 9.42. The maximum absolute atomic E-state index is 8.42. The molecule has 0 heterocycles. The minimum atomic E-state index is 0.532. The van der Waals surface area contributed by atoms with E-state index in [0.717, 1.165) is 22.6 Å². The van der Waals surface area contributed by atoms with Gasteiger partial charge in [-0.3, -0.25) is 0 Å². The summed E-state index contributed by atoms with van der Waals surface area (Å²) < 4.78 is 0. The van der Waals surface area contributed by atoms with Crippen molar-refractivity contribution in [3.63, 3.8) is 0 Å². The van der Waals surface area contributed by atoms with Crippen LogP contribution in [0.1, 0.15) is 17.5 Å². The molecule has 0 aliphatic rings. The van der Waals surface area contributed by atoms with Gasteiger partial charge in [0.15, 0.2) is 0 Å². The van der Waals surface area contributed by atoms with Crippen LogP contribution in [0.25, 0.3) is 0 Å². The number of hydrogen-bond acceptors (Lipinski definition) is 1. The Morgan fingerprint density at radius 1 is 1.50 bits per heavy atom. The first-order valence-corrected chi connectivity index (χ1v) is 4.24. The van der Waals surface area contributed by atoms with Gasteiger partial charge in [-0.25, -0.2) is 0 Å². The van der Waals surface area contributed by atoms with Crippen molar-refractivity contribution in [3.05, 3.63) is 34.3 Å². The predicted molar refractivity (Wildman–Crippen MR) is 50.1 cm³/mol. The molecule has 2 heteroatoms. The second-order valence-corrected chi connectivity index (χ2v) is 3.10. The number of aryl methyl sites for hydroxylation is 1. The lowest BCUT2D eigenvalue weighted by molar-refractivity contribution is 0.997. The lowest BCUT2D eigenvalue weighted by atomic mass is 10.0. The molecule has 1 aromatic rings. The number of hydrogen-bond donors (Lipinski definition) is 0. The molecule has 62 valence electrons. The Hall–Kier alpha value is -1.00. The van der Waals surface area contributed by atoms with Gasteiger partial charge in [-0.1, -0.05) is 23.7 Å². The second kappa shape index (κ2) is 4.13. The van der Waals surface area contributed by atoms with Crippen molar-refractivity contribution in [2.24, 2.45) is 0 Å². The summed E-state index contributed by atoms with van der Waals surface area (Å²) in [4.78, 5) is 0. The molecular weight excluding hydrogens is 170 g/mol. The molecular formula is C10H10ClN. The number of benzene rings is 1. The van der Waals surface area contributed by atoms with Crippen molar-refractivity contribution in [1.82, 2.24) is 0 Å². The zero-order valence-corrected chi connectivity index (χ0v) is 7.73. The van der Waals surface area contributed by atoms with Gasteiger partial charge in [0.05, 0.1) is 6.07 Å². The Kier molecular flexibility index (Phi) is 3.13. The summed E-state index contributed by atoms with van der Waals surface area (Å²) in [5.74, 6) is 0. The lowest BCUT2D eigenvalue weighted by Gasteiger charge is -2.04. The van der Waals surface area contributed by atoms with Crippen molar-refractivity contribution in [1.29, 1.82) is 5.26 Å². The van der Waals surface area contributed by atoms with E-state index in [2.05, 4.69) is 6.07 Å². The molecule has 1 rings (SSSR count).